The number of rotatable bonds is 3. The molecular formula is C16H23ClN4O. The van der Waals surface area contributed by atoms with Crippen LogP contribution in [0.5, 0.6) is 0 Å². The molecule has 0 radical (unpaired) electrons. The van der Waals surface area contributed by atoms with Crippen molar-refractivity contribution in [2.75, 3.05) is 26.0 Å². The van der Waals surface area contributed by atoms with E-state index in [9.17, 15) is 4.79 Å². The molecule has 2 aromatic rings. The summed E-state index contributed by atoms with van der Waals surface area (Å²) in [6.07, 6.45) is 0. The van der Waals surface area contributed by atoms with Gasteiger partial charge in [-0.1, -0.05) is 38.4 Å². The van der Waals surface area contributed by atoms with Gasteiger partial charge < -0.3 is 10.2 Å². The zero-order valence-electron chi connectivity index (χ0n) is 14.0. The minimum absolute atomic E-state index is 0.0401. The van der Waals surface area contributed by atoms with E-state index in [1.54, 1.807) is 4.68 Å². The predicted molar refractivity (Wildman–Crippen MR) is 91.6 cm³/mol. The summed E-state index contributed by atoms with van der Waals surface area (Å²) in [7, 11) is 5.57. The van der Waals surface area contributed by atoms with Crippen molar-refractivity contribution >= 4 is 34.2 Å². The van der Waals surface area contributed by atoms with Gasteiger partial charge in [0.25, 0.3) is 0 Å². The van der Waals surface area contributed by atoms with E-state index in [-0.39, 0.29) is 11.3 Å². The maximum Gasteiger partial charge on any atom is 0.239 e. The van der Waals surface area contributed by atoms with Crippen LogP contribution in [0.3, 0.4) is 0 Å². The number of nitrogens with zero attached hydrogens (tertiary/aromatic N) is 3. The normalized spacial score (nSPS) is 12.2. The molecule has 0 saturated carbocycles. The van der Waals surface area contributed by atoms with Crippen molar-refractivity contribution in [3.05, 3.63) is 22.7 Å². The molecule has 0 saturated heterocycles. The fourth-order valence-corrected chi connectivity index (χ4v) is 2.77. The second-order valence-corrected chi connectivity index (χ2v) is 7.23. The number of carbonyl (C=O) groups excluding carboxylic acids is 1. The molecule has 120 valence electrons. The van der Waals surface area contributed by atoms with Gasteiger partial charge in [-0.15, -0.1) is 0 Å². The van der Waals surface area contributed by atoms with Gasteiger partial charge >= 0.3 is 0 Å². The number of amides is 1. The summed E-state index contributed by atoms with van der Waals surface area (Å²) in [5.41, 5.74) is 2.07. The Kier molecular flexibility index (Phi) is 4.49. The Hall–Kier alpha value is -1.59. The van der Waals surface area contributed by atoms with Crippen LogP contribution in [0.1, 0.15) is 26.3 Å². The van der Waals surface area contributed by atoms with E-state index in [2.05, 4.69) is 31.2 Å². The summed E-state index contributed by atoms with van der Waals surface area (Å²) in [6.45, 7) is 6.74. The third kappa shape index (κ3) is 3.25. The number of fused-ring (bicyclic) bond motifs is 1. The van der Waals surface area contributed by atoms with Crippen molar-refractivity contribution in [2.24, 2.45) is 7.05 Å². The third-order valence-corrected chi connectivity index (χ3v) is 3.78. The van der Waals surface area contributed by atoms with Crippen molar-refractivity contribution in [1.82, 2.24) is 14.7 Å². The average Bonchev–Trinajstić information content (AvgIpc) is 2.65. The van der Waals surface area contributed by atoms with Crippen molar-refractivity contribution < 1.29 is 4.79 Å². The van der Waals surface area contributed by atoms with Gasteiger partial charge in [0.15, 0.2) is 5.82 Å². The number of hydrogen-bond donors (Lipinski definition) is 1. The molecular weight excluding hydrogens is 300 g/mol. The van der Waals surface area contributed by atoms with Crippen LogP contribution in [0.25, 0.3) is 10.9 Å². The molecule has 0 aliphatic heterocycles. The van der Waals surface area contributed by atoms with Crippen LogP contribution in [-0.2, 0) is 17.3 Å². The van der Waals surface area contributed by atoms with Gasteiger partial charge in [-0.25, -0.2) is 0 Å². The zero-order chi connectivity index (χ0) is 16.7. The molecule has 1 heterocycles. The van der Waals surface area contributed by atoms with Crippen LogP contribution in [0.15, 0.2) is 12.1 Å². The Morgan fingerprint density at radius 2 is 2.00 bits per heavy atom. The fraction of sp³-hybridized carbons (Fsp3) is 0.500. The van der Waals surface area contributed by atoms with E-state index in [4.69, 9.17) is 11.6 Å². The molecule has 22 heavy (non-hydrogen) atoms. The van der Waals surface area contributed by atoms with Crippen molar-refractivity contribution in [2.45, 2.75) is 26.2 Å². The lowest BCUT2D eigenvalue weighted by molar-refractivity contribution is -0.116. The molecule has 5 nitrogen and oxygen atoms in total. The second kappa shape index (κ2) is 5.89. The Morgan fingerprint density at radius 3 is 2.55 bits per heavy atom. The number of anilines is 1. The molecule has 1 amide bonds. The fourth-order valence-electron chi connectivity index (χ4n) is 2.53. The first kappa shape index (κ1) is 16.8. The van der Waals surface area contributed by atoms with Crippen LogP contribution in [0.4, 0.5) is 5.82 Å². The van der Waals surface area contributed by atoms with Crippen molar-refractivity contribution in [3.8, 4) is 0 Å². The lowest BCUT2D eigenvalue weighted by Gasteiger charge is -2.20. The molecule has 1 N–H and O–H groups in total. The molecule has 1 aromatic heterocycles. The standard InChI is InChI=1S/C16H23ClN4O/c1-16(2,3)10-7-8-11(17)13-14(10)21(6)19-15(13)18-12(22)9-20(4)5/h7-8H,9H2,1-6H3,(H,18,19,22). The number of carbonyl (C=O) groups is 1. The number of benzene rings is 1. The van der Waals surface area contributed by atoms with E-state index >= 15 is 0 Å². The van der Waals surface area contributed by atoms with Gasteiger partial charge in [-0.3, -0.25) is 9.48 Å². The topological polar surface area (TPSA) is 50.2 Å². The molecule has 2 rings (SSSR count). The van der Waals surface area contributed by atoms with E-state index in [1.807, 2.05) is 38.2 Å². The van der Waals surface area contributed by atoms with E-state index in [1.165, 1.54) is 0 Å². The molecule has 0 atom stereocenters. The highest BCUT2D eigenvalue weighted by atomic mass is 35.5. The summed E-state index contributed by atoms with van der Waals surface area (Å²) < 4.78 is 1.78. The highest BCUT2D eigenvalue weighted by Crippen LogP contribution is 2.37. The maximum absolute atomic E-state index is 12.0. The molecule has 0 unspecified atom stereocenters. The van der Waals surface area contributed by atoms with E-state index in [0.717, 1.165) is 16.5 Å². The first-order valence-corrected chi connectivity index (χ1v) is 7.59. The lowest BCUT2D eigenvalue weighted by Crippen LogP contribution is -2.27. The van der Waals surface area contributed by atoms with E-state index in [0.29, 0.717) is 17.4 Å². The number of halogens is 1. The molecule has 0 aliphatic rings. The highest BCUT2D eigenvalue weighted by molar-refractivity contribution is 6.36. The monoisotopic (exact) mass is 322 g/mol. The Bertz CT molecular complexity index is 713. The smallest absolute Gasteiger partial charge is 0.239 e. The van der Waals surface area contributed by atoms with Gasteiger partial charge in [0.2, 0.25) is 5.91 Å². The first-order chi connectivity index (χ1) is 10.1. The quantitative estimate of drug-likeness (QED) is 0.945. The number of aromatic nitrogens is 2. The molecule has 6 heteroatoms. The summed E-state index contributed by atoms with van der Waals surface area (Å²) >= 11 is 6.37. The molecule has 0 bridgehead atoms. The number of hydrogen-bond acceptors (Lipinski definition) is 3. The van der Waals surface area contributed by atoms with E-state index < -0.39 is 0 Å². The van der Waals surface area contributed by atoms with Gasteiger partial charge in [0.1, 0.15) is 0 Å². The summed E-state index contributed by atoms with van der Waals surface area (Å²) in [5, 5.41) is 8.70. The van der Waals surface area contributed by atoms with Crippen LogP contribution < -0.4 is 5.32 Å². The van der Waals surface area contributed by atoms with Gasteiger partial charge in [-0.2, -0.15) is 5.10 Å². The van der Waals surface area contributed by atoms with Crippen LogP contribution >= 0.6 is 11.6 Å². The maximum atomic E-state index is 12.0. The Labute approximate surface area is 136 Å². The van der Waals surface area contributed by atoms with Crippen LogP contribution in [-0.4, -0.2) is 41.2 Å². The van der Waals surface area contributed by atoms with Gasteiger partial charge in [0.05, 0.1) is 22.5 Å². The number of aryl methyl sites for hydroxylation is 1. The van der Waals surface area contributed by atoms with Crippen LogP contribution in [0.2, 0.25) is 5.02 Å². The average molecular weight is 323 g/mol. The third-order valence-electron chi connectivity index (χ3n) is 3.46. The van der Waals surface area contributed by atoms with Gasteiger partial charge in [0, 0.05) is 7.05 Å². The molecule has 0 fully saturated rings. The second-order valence-electron chi connectivity index (χ2n) is 6.83. The molecule has 1 aromatic carbocycles. The minimum Gasteiger partial charge on any atom is -0.308 e. The number of likely N-dealkylation sites (N-methyl/N-ethyl adjacent to an activating group) is 1. The largest absolute Gasteiger partial charge is 0.308 e. The van der Waals surface area contributed by atoms with Crippen molar-refractivity contribution in [1.29, 1.82) is 0 Å². The summed E-state index contributed by atoms with van der Waals surface area (Å²) in [4.78, 5) is 13.8. The predicted octanol–water partition coefficient (Wildman–Crippen LogP) is 3.02. The zero-order valence-corrected chi connectivity index (χ0v) is 14.7. The van der Waals surface area contributed by atoms with Crippen molar-refractivity contribution in [3.63, 3.8) is 0 Å². The Morgan fingerprint density at radius 1 is 1.36 bits per heavy atom. The Balaban J connectivity index is 2.57. The van der Waals surface area contributed by atoms with Gasteiger partial charge in [-0.05, 0) is 31.1 Å². The minimum atomic E-state index is -0.109. The highest BCUT2D eigenvalue weighted by Gasteiger charge is 2.23. The SMILES string of the molecule is CN(C)CC(=O)Nc1nn(C)c2c(C(C)(C)C)ccc(Cl)c12. The molecule has 0 aliphatic carbocycles. The number of nitrogens with one attached hydrogen (secondary N) is 1. The lowest BCUT2D eigenvalue weighted by atomic mass is 9.85. The molecule has 0 spiro atoms. The summed E-state index contributed by atoms with van der Waals surface area (Å²) in [5.74, 6) is 0.405. The summed E-state index contributed by atoms with van der Waals surface area (Å²) in [6, 6.07) is 3.89. The van der Waals surface area contributed by atoms with Crippen LogP contribution in [0, 0.1) is 0 Å². The first-order valence-electron chi connectivity index (χ1n) is 7.21.